The molecule has 2 fully saturated rings. The molecule has 2 saturated heterocycles. The number of rotatable bonds is 10. The number of benzene rings is 1. The second-order valence-corrected chi connectivity index (χ2v) is 11.0. The zero-order chi connectivity index (χ0) is 24.8. The van der Waals surface area contributed by atoms with Crippen molar-refractivity contribution in [1.29, 1.82) is 0 Å². The summed E-state index contributed by atoms with van der Waals surface area (Å²) in [5.41, 5.74) is 0.473. The minimum Gasteiger partial charge on any atom is -0.494 e. The minimum absolute atomic E-state index is 0.143. The van der Waals surface area contributed by atoms with Gasteiger partial charge in [-0.25, -0.2) is 12.8 Å². The Bertz CT molecular complexity index is 1110. The fraction of sp³-hybridized carbons (Fsp3) is 0.591. The summed E-state index contributed by atoms with van der Waals surface area (Å²) in [4.78, 5) is 17.8. The first kappa shape index (κ1) is 25.3. The molecule has 11 nitrogen and oxygen atoms in total. The predicted molar refractivity (Wildman–Crippen MR) is 134 cm³/mol. The summed E-state index contributed by atoms with van der Waals surface area (Å²) in [6.07, 6.45) is 2.29. The van der Waals surface area contributed by atoms with Crippen LogP contribution in [0.1, 0.15) is 19.8 Å². The lowest BCUT2D eigenvalue weighted by Crippen LogP contribution is -2.42. The average molecular weight is 509 g/mol. The van der Waals surface area contributed by atoms with E-state index in [1.54, 1.807) is 6.07 Å². The molecule has 2 aliphatic heterocycles. The van der Waals surface area contributed by atoms with Crippen LogP contribution < -0.4 is 20.7 Å². The Morgan fingerprint density at radius 3 is 2.49 bits per heavy atom. The van der Waals surface area contributed by atoms with Gasteiger partial charge in [-0.2, -0.15) is 15.0 Å². The van der Waals surface area contributed by atoms with Gasteiger partial charge < -0.3 is 20.7 Å². The van der Waals surface area contributed by atoms with Gasteiger partial charge in [0.05, 0.1) is 25.3 Å². The number of likely N-dealkylation sites (tertiary alicyclic amines) is 1. The lowest BCUT2D eigenvalue weighted by Gasteiger charge is -2.26. The van der Waals surface area contributed by atoms with Crippen molar-refractivity contribution in [3.8, 4) is 5.75 Å². The standard InChI is InChI=1S/C22H33FN8O3S/c1-3-31-8-4-5-17(31)14-24-20-27-21(25-15-30-9-11-35(32,33)12-10-30)29-22(28-20)26-16-6-7-19(34-2)18(23)13-16/h6-7,13,17H,3-5,8-12,14-15H2,1-2H3,(H3,24,25,26,27,28,29). The topological polar surface area (TPSA) is 125 Å². The Morgan fingerprint density at radius 2 is 1.80 bits per heavy atom. The molecule has 0 radical (unpaired) electrons. The van der Waals surface area contributed by atoms with E-state index < -0.39 is 15.7 Å². The van der Waals surface area contributed by atoms with E-state index in [1.807, 2.05) is 4.90 Å². The van der Waals surface area contributed by atoms with E-state index >= 15 is 0 Å². The van der Waals surface area contributed by atoms with Crippen molar-refractivity contribution in [3.63, 3.8) is 0 Å². The van der Waals surface area contributed by atoms with Gasteiger partial charge in [0.15, 0.2) is 21.4 Å². The van der Waals surface area contributed by atoms with E-state index in [-0.39, 0.29) is 23.2 Å². The van der Waals surface area contributed by atoms with Crippen molar-refractivity contribution in [2.75, 3.05) is 74.0 Å². The molecule has 1 atom stereocenters. The molecule has 13 heteroatoms. The van der Waals surface area contributed by atoms with E-state index in [9.17, 15) is 12.8 Å². The van der Waals surface area contributed by atoms with Gasteiger partial charge in [0.25, 0.3) is 0 Å². The maximum absolute atomic E-state index is 14.2. The summed E-state index contributed by atoms with van der Waals surface area (Å²) in [5.74, 6) is 0.942. The van der Waals surface area contributed by atoms with E-state index in [0.717, 1.165) is 19.5 Å². The summed E-state index contributed by atoms with van der Waals surface area (Å²) < 4.78 is 42.5. The molecule has 2 aliphatic rings. The van der Waals surface area contributed by atoms with Gasteiger partial charge in [0.2, 0.25) is 17.8 Å². The van der Waals surface area contributed by atoms with Crippen LogP contribution in [0, 0.1) is 5.82 Å². The summed E-state index contributed by atoms with van der Waals surface area (Å²) >= 11 is 0. The number of likely N-dealkylation sites (N-methyl/N-ethyl adjacent to an activating group) is 1. The molecule has 35 heavy (non-hydrogen) atoms. The zero-order valence-corrected chi connectivity index (χ0v) is 20.9. The van der Waals surface area contributed by atoms with Gasteiger partial charge in [0, 0.05) is 37.4 Å². The number of hydrogen-bond donors (Lipinski definition) is 3. The number of nitrogens with one attached hydrogen (secondary N) is 3. The van der Waals surface area contributed by atoms with Crippen molar-refractivity contribution in [2.24, 2.45) is 0 Å². The molecule has 3 heterocycles. The number of methoxy groups -OCH3 is 1. The molecule has 0 spiro atoms. The van der Waals surface area contributed by atoms with Crippen molar-refractivity contribution in [3.05, 3.63) is 24.0 Å². The molecule has 1 aromatic heterocycles. The molecule has 0 bridgehead atoms. The highest BCUT2D eigenvalue weighted by molar-refractivity contribution is 7.91. The first-order valence-electron chi connectivity index (χ1n) is 11.9. The number of hydrogen-bond acceptors (Lipinski definition) is 11. The average Bonchev–Trinajstić information content (AvgIpc) is 3.30. The molecule has 0 amide bonds. The van der Waals surface area contributed by atoms with Crippen LogP contribution in [0.2, 0.25) is 0 Å². The van der Waals surface area contributed by atoms with Crippen LogP contribution in [0.4, 0.5) is 27.9 Å². The lowest BCUT2D eigenvalue weighted by atomic mass is 10.2. The minimum atomic E-state index is -2.95. The monoisotopic (exact) mass is 508 g/mol. The van der Waals surface area contributed by atoms with Gasteiger partial charge >= 0.3 is 0 Å². The van der Waals surface area contributed by atoms with Crippen molar-refractivity contribution in [1.82, 2.24) is 24.8 Å². The normalized spacial score (nSPS) is 20.5. The lowest BCUT2D eigenvalue weighted by molar-refractivity contribution is 0.277. The Morgan fingerprint density at radius 1 is 1.09 bits per heavy atom. The van der Waals surface area contributed by atoms with E-state index in [0.29, 0.717) is 49.9 Å². The van der Waals surface area contributed by atoms with Gasteiger partial charge in [-0.3, -0.25) is 9.80 Å². The number of ether oxygens (including phenoxy) is 1. The highest BCUT2D eigenvalue weighted by atomic mass is 32.2. The predicted octanol–water partition coefficient (Wildman–Crippen LogP) is 1.76. The second kappa shape index (κ2) is 11.3. The molecule has 1 aromatic carbocycles. The fourth-order valence-electron chi connectivity index (χ4n) is 4.31. The molecule has 0 saturated carbocycles. The molecular formula is C22H33FN8O3S. The van der Waals surface area contributed by atoms with Crippen molar-refractivity contribution >= 4 is 33.4 Å². The number of nitrogens with zero attached hydrogens (tertiary/aromatic N) is 5. The third-order valence-corrected chi connectivity index (χ3v) is 7.95. The number of sulfone groups is 1. The highest BCUT2D eigenvalue weighted by Gasteiger charge is 2.24. The maximum atomic E-state index is 14.2. The second-order valence-electron chi connectivity index (χ2n) is 8.69. The van der Waals surface area contributed by atoms with E-state index in [1.165, 1.54) is 25.7 Å². The number of halogens is 1. The maximum Gasteiger partial charge on any atom is 0.233 e. The molecule has 3 N–H and O–H groups in total. The Labute approximate surface area is 205 Å². The fourth-order valence-corrected chi connectivity index (χ4v) is 5.58. The largest absolute Gasteiger partial charge is 0.494 e. The molecule has 192 valence electrons. The summed E-state index contributed by atoms with van der Waals surface area (Å²) in [6.45, 7) is 6.27. The van der Waals surface area contributed by atoms with E-state index in [4.69, 9.17) is 4.74 Å². The summed E-state index contributed by atoms with van der Waals surface area (Å²) in [6, 6.07) is 4.93. The Kier molecular flexibility index (Phi) is 8.19. The Hall–Kier alpha value is -2.77. The van der Waals surface area contributed by atoms with Crippen LogP contribution in [0.15, 0.2) is 18.2 Å². The van der Waals surface area contributed by atoms with Crippen LogP contribution in [0.5, 0.6) is 5.75 Å². The first-order valence-corrected chi connectivity index (χ1v) is 13.7. The summed E-state index contributed by atoms with van der Waals surface area (Å²) in [7, 11) is -1.54. The molecule has 1 unspecified atom stereocenters. The molecular weight excluding hydrogens is 475 g/mol. The van der Waals surface area contributed by atoms with Gasteiger partial charge in [-0.15, -0.1) is 0 Å². The number of anilines is 4. The number of aromatic nitrogens is 3. The summed E-state index contributed by atoms with van der Waals surface area (Å²) in [5, 5.41) is 9.53. The van der Waals surface area contributed by atoms with E-state index in [2.05, 4.69) is 42.7 Å². The smallest absolute Gasteiger partial charge is 0.233 e. The first-order chi connectivity index (χ1) is 16.8. The van der Waals surface area contributed by atoms with Crippen LogP contribution >= 0.6 is 0 Å². The van der Waals surface area contributed by atoms with Crippen LogP contribution in [0.3, 0.4) is 0 Å². The zero-order valence-electron chi connectivity index (χ0n) is 20.1. The van der Waals surface area contributed by atoms with Crippen molar-refractivity contribution in [2.45, 2.75) is 25.8 Å². The van der Waals surface area contributed by atoms with Gasteiger partial charge in [-0.05, 0) is 38.1 Å². The molecule has 2 aromatic rings. The molecule has 4 rings (SSSR count). The SMILES string of the molecule is CCN1CCCC1CNc1nc(NCN2CCS(=O)(=O)CC2)nc(Nc2ccc(OC)c(F)c2)n1. The third-order valence-electron chi connectivity index (χ3n) is 6.34. The van der Waals surface area contributed by atoms with Gasteiger partial charge in [0.1, 0.15) is 0 Å². The van der Waals surface area contributed by atoms with Crippen LogP contribution in [0.25, 0.3) is 0 Å². The van der Waals surface area contributed by atoms with Crippen LogP contribution in [-0.2, 0) is 9.84 Å². The van der Waals surface area contributed by atoms with Crippen molar-refractivity contribution < 1.29 is 17.5 Å². The van der Waals surface area contributed by atoms with Crippen LogP contribution in [-0.4, -0.2) is 97.2 Å². The molecule has 0 aliphatic carbocycles. The third kappa shape index (κ3) is 6.89. The quantitative estimate of drug-likeness (QED) is 0.435. The van der Waals surface area contributed by atoms with Gasteiger partial charge in [-0.1, -0.05) is 6.92 Å². The highest BCUT2D eigenvalue weighted by Crippen LogP contribution is 2.23. The Balaban J connectivity index is 1.47.